The molecule has 0 unspecified atom stereocenters. The molecular weight excluding hydrogens is 460 g/mol. The summed E-state index contributed by atoms with van der Waals surface area (Å²) in [6, 6.07) is 0.230. The lowest BCUT2D eigenvalue weighted by atomic mass is 9.54. The maximum absolute atomic E-state index is 13.5. The highest BCUT2D eigenvalue weighted by Gasteiger charge is 2.48. The van der Waals surface area contributed by atoms with Gasteiger partial charge in [0, 0.05) is 25.0 Å². The molecule has 5 rings (SSSR count). The fourth-order valence-corrected chi connectivity index (χ4v) is 6.76. The first-order valence-electron chi connectivity index (χ1n) is 13.4. The molecule has 2 N–H and O–H groups in total. The predicted octanol–water partition coefficient (Wildman–Crippen LogP) is 3.43. The number of carbonyl (C=O) groups excluding carboxylic acids is 2. The van der Waals surface area contributed by atoms with E-state index in [9.17, 15) is 14.4 Å². The van der Waals surface area contributed by atoms with E-state index in [1.54, 1.807) is 24.7 Å². The Balaban J connectivity index is 1.46. The summed E-state index contributed by atoms with van der Waals surface area (Å²) in [6.07, 6.45) is 8.29. The molecule has 9 heteroatoms. The van der Waals surface area contributed by atoms with Crippen molar-refractivity contribution in [3.63, 3.8) is 0 Å². The first-order valence-corrected chi connectivity index (χ1v) is 13.4. The van der Waals surface area contributed by atoms with Gasteiger partial charge < -0.3 is 20.1 Å². The molecule has 0 aromatic carbocycles. The highest BCUT2D eigenvalue weighted by molar-refractivity contribution is 5.96. The second-order valence-electron chi connectivity index (χ2n) is 12.4. The van der Waals surface area contributed by atoms with Gasteiger partial charge in [0.05, 0.1) is 12.8 Å². The van der Waals surface area contributed by atoms with Crippen LogP contribution < -0.4 is 10.1 Å². The van der Waals surface area contributed by atoms with Crippen molar-refractivity contribution in [3.8, 4) is 5.88 Å². The minimum absolute atomic E-state index is 0.131. The van der Waals surface area contributed by atoms with Gasteiger partial charge in [-0.2, -0.15) is 5.10 Å². The van der Waals surface area contributed by atoms with E-state index in [0.29, 0.717) is 42.9 Å². The van der Waals surface area contributed by atoms with E-state index in [-0.39, 0.29) is 30.3 Å². The molecule has 4 saturated carbocycles. The first-order chi connectivity index (χ1) is 16.9. The topological polar surface area (TPSA) is 114 Å². The molecule has 0 aliphatic heterocycles. The molecule has 0 saturated heterocycles. The summed E-state index contributed by atoms with van der Waals surface area (Å²) in [6.45, 7) is 8.18. The van der Waals surface area contributed by atoms with Crippen LogP contribution >= 0.6 is 0 Å². The van der Waals surface area contributed by atoms with Crippen LogP contribution in [0.1, 0.15) is 76.6 Å². The monoisotopic (exact) mass is 502 g/mol. The Bertz CT molecular complexity index is 957. The number of nitrogens with one attached hydrogen (secondary N) is 1. The molecule has 2 amide bonds. The smallest absolute Gasteiger partial charge is 0.323 e. The summed E-state index contributed by atoms with van der Waals surface area (Å²) in [5.41, 5.74) is -0.356. The van der Waals surface area contributed by atoms with Crippen LogP contribution in [0.15, 0.2) is 6.20 Å². The lowest BCUT2D eigenvalue weighted by molar-refractivity contribution is -0.147. The second-order valence-corrected chi connectivity index (χ2v) is 12.4. The summed E-state index contributed by atoms with van der Waals surface area (Å²) >= 11 is 0. The summed E-state index contributed by atoms with van der Waals surface area (Å²) in [7, 11) is 1.50. The average Bonchev–Trinajstić information content (AvgIpc) is 3.20. The SMILES string of the molecule is CC(C)COc1c(C(=O)NC2C3CC4CC(C3)CC2C4)cnn1CCC(C)(C)C(=O)N(C)CC(=O)O. The number of rotatable bonds is 11. The van der Waals surface area contributed by atoms with Gasteiger partial charge in [-0.25, -0.2) is 4.68 Å². The summed E-state index contributed by atoms with van der Waals surface area (Å²) in [4.78, 5) is 38.5. The van der Waals surface area contributed by atoms with Crippen molar-refractivity contribution in [2.24, 2.45) is 35.0 Å². The third-order valence-electron chi connectivity index (χ3n) is 8.36. The summed E-state index contributed by atoms with van der Waals surface area (Å²) < 4.78 is 7.76. The summed E-state index contributed by atoms with van der Waals surface area (Å²) in [5.74, 6) is 2.12. The van der Waals surface area contributed by atoms with Gasteiger partial charge in [0.25, 0.3) is 5.91 Å². The van der Waals surface area contributed by atoms with Crippen molar-refractivity contribution >= 4 is 17.8 Å². The summed E-state index contributed by atoms with van der Waals surface area (Å²) in [5, 5.41) is 16.8. The van der Waals surface area contributed by atoms with Gasteiger partial charge in [0.15, 0.2) is 0 Å². The van der Waals surface area contributed by atoms with E-state index in [2.05, 4.69) is 24.3 Å². The van der Waals surface area contributed by atoms with Crippen LogP contribution in [0.3, 0.4) is 0 Å². The van der Waals surface area contributed by atoms with E-state index >= 15 is 0 Å². The number of amides is 2. The van der Waals surface area contributed by atoms with E-state index in [1.807, 2.05) is 0 Å². The van der Waals surface area contributed by atoms with Crippen LogP contribution in [0.25, 0.3) is 0 Å². The molecule has 9 nitrogen and oxygen atoms in total. The van der Waals surface area contributed by atoms with Crippen molar-refractivity contribution in [3.05, 3.63) is 11.8 Å². The fourth-order valence-electron chi connectivity index (χ4n) is 6.76. The number of aryl methyl sites for hydroxylation is 1. The van der Waals surface area contributed by atoms with Gasteiger partial charge in [-0.05, 0) is 68.1 Å². The van der Waals surface area contributed by atoms with Crippen LogP contribution in [-0.4, -0.2) is 63.8 Å². The number of aliphatic carboxylic acids is 1. The van der Waals surface area contributed by atoms with Crippen LogP contribution in [0.2, 0.25) is 0 Å². The van der Waals surface area contributed by atoms with Crippen molar-refractivity contribution in [1.82, 2.24) is 20.0 Å². The van der Waals surface area contributed by atoms with Crippen LogP contribution in [0, 0.1) is 35.0 Å². The number of carboxylic acids is 1. The maximum atomic E-state index is 13.5. The highest BCUT2D eigenvalue weighted by atomic mass is 16.5. The highest BCUT2D eigenvalue weighted by Crippen LogP contribution is 2.53. The maximum Gasteiger partial charge on any atom is 0.323 e. The Labute approximate surface area is 213 Å². The molecule has 1 aromatic rings. The molecule has 0 spiro atoms. The molecule has 4 bridgehead atoms. The molecule has 0 radical (unpaired) electrons. The Hall–Kier alpha value is -2.58. The van der Waals surface area contributed by atoms with Gasteiger partial charge in [0.2, 0.25) is 11.8 Å². The Kier molecular flexibility index (Phi) is 7.67. The lowest BCUT2D eigenvalue weighted by Crippen LogP contribution is -2.55. The number of aromatic nitrogens is 2. The van der Waals surface area contributed by atoms with Crippen LogP contribution in [-0.2, 0) is 16.1 Å². The van der Waals surface area contributed by atoms with E-state index < -0.39 is 11.4 Å². The number of ether oxygens (including phenoxy) is 1. The first kappa shape index (κ1) is 26.5. The van der Waals surface area contributed by atoms with Crippen molar-refractivity contribution < 1.29 is 24.2 Å². The number of carbonyl (C=O) groups is 3. The zero-order valence-electron chi connectivity index (χ0n) is 22.3. The third-order valence-corrected chi connectivity index (χ3v) is 8.36. The Morgan fingerprint density at radius 1 is 1.17 bits per heavy atom. The number of hydrogen-bond acceptors (Lipinski definition) is 5. The number of hydrogen-bond donors (Lipinski definition) is 2. The van der Waals surface area contributed by atoms with Crippen molar-refractivity contribution in [2.45, 2.75) is 78.8 Å². The zero-order chi connectivity index (χ0) is 26.2. The molecule has 200 valence electrons. The van der Waals surface area contributed by atoms with Crippen molar-refractivity contribution in [2.75, 3.05) is 20.2 Å². The number of likely N-dealkylation sites (N-methyl/N-ethyl adjacent to an activating group) is 1. The number of carboxylic acid groups (broad SMARTS) is 1. The molecular formula is C27H42N4O5. The molecule has 1 aromatic heterocycles. The number of nitrogens with zero attached hydrogens (tertiary/aromatic N) is 3. The molecule has 0 atom stereocenters. The van der Waals surface area contributed by atoms with Gasteiger partial charge in [-0.15, -0.1) is 0 Å². The predicted molar refractivity (Wildman–Crippen MR) is 135 cm³/mol. The standard InChI is InChI=1S/C27H42N4O5/c1-16(2)15-36-25-21(24(34)29-23-19-9-17-8-18(11-19)12-20(23)10-17)13-28-31(25)7-6-27(3,4)26(35)30(5)14-22(32)33/h13,16-20,23H,6-12,14-15H2,1-5H3,(H,29,34)(H,32,33). The largest absolute Gasteiger partial charge is 0.480 e. The third kappa shape index (κ3) is 5.70. The van der Waals surface area contributed by atoms with Gasteiger partial charge in [-0.1, -0.05) is 27.7 Å². The van der Waals surface area contributed by atoms with Crippen LogP contribution in [0.4, 0.5) is 0 Å². The molecule has 4 aliphatic carbocycles. The van der Waals surface area contributed by atoms with Crippen molar-refractivity contribution in [1.29, 1.82) is 0 Å². The van der Waals surface area contributed by atoms with Gasteiger partial charge in [0.1, 0.15) is 12.1 Å². The normalized spacial score (nSPS) is 26.8. The van der Waals surface area contributed by atoms with Crippen LogP contribution in [0.5, 0.6) is 5.88 Å². The molecule has 36 heavy (non-hydrogen) atoms. The van der Waals surface area contributed by atoms with Gasteiger partial charge >= 0.3 is 5.97 Å². The Morgan fingerprint density at radius 2 is 1.78 bits per heavy atom. The zero-order valence-corrected chi connectivity index (χ0v) is 22.3. The fraction of sp³-hybridized carbons (Fsp3) is 0.778. The Morgan fingerprint density at radius 3 is 2.33 bits per heavy atom. The molecule has 4 fully saturated rings. The molecule has 1 heterocycles. The minimum atomic E-state index is -1.05. The van der Waals surface area contributed by atoms with E-state index in [0.717, 1.165) is 11.8 Å². The molecule has 4 aliphatic rings. The lowest BCUT2D eigenvalue weighted by Gasteiger charge is -2.54. The second kappa shape index (κ2) is 10.4. The quantitative estimate of drug-likeness (QED) is 0.479. The van der Waals surface area contributed by atoms with E-state index in [1.165, 1.54) is 44.1 Å². The van der Waals surface area contributed by atoms with E-state index in [4.69, 9.17) is 9.84 Å². The average molecular weight is 503 g/mol. The van der Waals surface area contributed by atoms with Gasteiger partial charge in [-0.3, -0.25) is 14.4 Å². The minimum Gasteiger partial charge on any atom is -0.480 e.